The molecule has 0 aliphatic rings. The Kier molecular flexibility index (Phi) is 4.01. The summed E-state index contributed by atoms with van der Waals surface area (Å²) in [6, 6.07) is 7.18. The van der Waals surface area contributed by atoms with Crippen LogP contribution < -0.4 is 5.73 Å². The van der Waals surface area contributed by atoms with Gasteiger partial charge in [0.05, 0.1) is 14.7 Å². The molecule has 0 saturated carbocycles. The number of halogens is 3. The molecule has 2 N–H and O–H groups in total. The Labute approximate surface area is 119 Å². The molecule has 1 aromatic heterocycles. The fourth-order valence-electron chi connectivity index (χ4n) is 1.69. The van der Waals surface area contributed by atoms with Gasteiger partial charge in [0.2, 0.25) is 0 Å². The maximum Gasteiger partial charge on any atom is 0.0995 e. The lowest BCUT2D eigenvalue weighted by atomic mass is 9.98. The van der Waals surface area contributed by atoms with Crippen molar-refractivity contribution < 1.29 is 0 Å². The fraction of sp³-hybridized carbons (Fsp3) is 0.167. The molecule has 17 heavy (non-hydrogen) atoms. The van der Waals surface area contributed by atoms with Crippen molar-refractivity contribution in [3.05, 3.63) is 54.7 Å². The van der Waals surface area contributed by atoms with Crippen LogP contribution in [0.2, 0.25) is 13.7 Å². The molecule has 2 rings (SSSR count). The number of hydrogen-bond donors (Lipinski definition) is 1. The highest BCUT2D eigenvalue weighted by Crippen LogP contribution is 2.37. The molecule has 0 spiro atoms. The van der Waals surface area contributed by atoms with Crippen molar-refractivity contribution >= 4 is 46.1 Å². The molecular formula is C12H10Cl3NS. The molecule has 90 valence electrons. The van der Waals surface area contributed by atoms with E-state index in [9.17, 15) is 0 Å². The molecule has 1 unspecified atom stereocenters. The van der Waals surface area contributed by atoms with E-state index in [1.807, 2.05) is 25.1 Å². The van der Waals surface area contributed by atoms with Crippen molar-refractivity contribution in [3.8, 4) is 0 Å². The van der Waals surface area contributed by atoms with Gasteiger partial charge < -0.3 is 5.73 Å². The molecule has 5 heteroatoms. The molecule has 0 aliphatic heterocycles. The highest BCUT2D eigenvalue weighted by molar-refractivity contribution is 7.20. The molecule has 0 amide bonds. The van der Waals surface area contributed by atoms with Crippen molar-refractivity contribution in [1.82, 2.24) is 0 Å². The van der Waals surface area contributed by atoms with Gasteiger partial charge in [-0.25, -0.2) is 0 Å². The standard InChI is InChI=1S/C12H10Cl3NS/c1-6-7(3-2-4-9(6)13)11(16)8-5-10(14)17-12(8)15/h2-5,11H,16H2,1H3. The Hall–Kier alpha value is -0.250. The molecule has 0 radical (unpaired) electrons. The first kappa shape index (κ1) is 13.2. The van der Waals surface area contributed by atoms with Gasteiger partial charge in [0.25, 0.3) is 0 Å². The summed E-state index contributed by atoms with van der Waals surface area (Å²) in [7, 11) is 0. The monoisotopic (exact) mass is 305 g/mol. The molecule has 1 aromatic carbocycles. The van der Waals surface area contributed by atoms with Gasteiger partial charge >= 0.3 is 0 Å². The zero-order valence-corrected chi connectivity index (χ0v) is 12.1. The third-order valence-electron chi connectivity index (χ3n) is 2.66. The normalized spacial score (nSPS) is 12.8. The lowest BCUT2D eigenvalue weighted by molar-refractivity contribution is 0.867. The van der Waals surface area contributed by atoms with Crippen molar-refractivity contribution in [2.75, 3.05) is 0 Å². The SMILES string of the molecule is Cc1c(Cl)cccc1C(N)c1cc(Cl)sc1Cl. The number of thiophene rings is 1. The Morgan fingerprint density at radius 2 is 1.88 bits per heavy atom. The second-order valence-corrected chi connectivity index (χ2v) is 6.40. The molecular weight excluding hydrogens is 297 g/mol. The van der Waals surface area contributed by atoms with Gasteiger partial charge in [-0.1, -0.05) is 46.9 Å². The first-order chi connectivity index (χ1) is 8.00. The average Bonchev–Trinajstić information content (AvgIpc) is 2.61. The third kappa shape index (κ3) is 2.61. The van der Waals surface area contributed by atoms with Crippen LogP contribution in [-0.4, -0.2) is 0 Å². The minimum atomic E-state index is -0.301. The van der Waals surface area contributed by atoms with Crippen LogP contribution in [0, 0.1) is 6.92 Å². The zero-order valence-electron chi connectivity index (χ0n) is 9.01. The summed E-state index contributed by atoms with van der Waals surface area (Å²) < 4.78 is 1.27. The molecule has 0 bridgehead atoms. The van der Waals surface area contributed by atoms with Crippen LogP contribution in [0.25, 0.3) is 0 Å². The zero-order chi connectivity index (χ0) is 12.6. The molecule has 1 atom stereocenters. The van der Waals surface area contributed by atoms with Crippen molar-refractivity contribution in [2.24, 2.45) is 5.73 Å². The maximum atomic E-state index is 6.21. The molecule has 1 nitrogen and oxygen atoms in total. The van der Waals surface area contributed by atoms with E-state index in [1.165, 1.54) is 11.3 Å². The number of nitrogens with two attached hydrogens (primary N) is 1. The topological polar surface area (TPSA) is 26.0 Å². The quantitative estimate of drug-likeness (QED) is 0.824. The van der Waals surface area contributed by atoms with E-state index in [0.29, 0.717) is 13.7 Å². The van der Waals surface area contributed by atoms with Gasteiger partial charge in [-0.3, -0.25) is 0 Å². The number of hydrogen-bond acceptors (Lipinski definition) is 2. The Morgan fingerprint density at radius 3 is 2.47 bits per heavy atom. The summed E-state index contributed by atoms with van der Waals surface area (Å²) in [5.41, 5.74) is 8.98. The molecule has 0 aliphatic carbocycles. The van der Waals surface area contributed by atoms with Crippen LogP contribution in [-0.2, 0) is 0 Å². The Morgan fingerprint density at radius 1 is 1.18 bits per heavy atom. The van der Waals surface area contributed by atoms with Crippen LogP contribution >= 0.6 is 46.1 Å². The largest absolute Gasteiger partial charge is 0.320 e. The van der Waals surface area contributed by atoms with Gasteiger partial charge in [0, 0.05) is 10.6 Å². The van der Waals surface area contributed by atoms with E-state index in [4.69, 9.17) is 40.5 Å². The second-order valence-electron chi connectivity index (χ2n) is 3.71. The van der Waals surface area contributed by atoms with Crippen molar-refractivity contribution in [1.29, 1.82) is 0 Å². The second kappa shape index (κ2) is 5.17. The van der Waals surface area contributed by atoms with Crippen LogP contribution in [0.5, 0.6) is 0 Å². The van der Waals surface area contributed by atoms with Gasteiger partial charge in [-0.05, 0) is 30.2 Å². The number of rotatable bonds is 2. The Bertz CT molecular complexity index is 551. The highest BCUT2D eigenvalue weighted by atomic mass is 35.5. The summed E-state index contributed by atoms with van der Waals surface area (Å²) in [5, 5.41) is 0.704. The van der Waals surface area contributed by atoms with E-state index in [-0.39, 0.29) is 6.04 Å². The predicted octanol–water partition coefficient (Wildman–Crippen LogP) is 5.06. The van der Waals surface area contributed by atoms with Crippen LogP contribution in [0.4, 0.5) is 0 Å². The fourth-order valence-corrected chi connectivity index (χ4v) is 3.43. The summed E-state index contributed by atoms with van der Waals surface area (Å²) in [6.07, 6.45) is 0. The van der Waals surface area contributed by atoms with Crippen molar-refractivity contribution in [3.63, 3.8) is 0 Å². The summed E-state index contributed by atoms with van der Waals surface area (Å²) >= 11 is 19.4. The van der Waals surface area contributed by atoms with E-state index in [1.54, 1.807) is 6.07 Å². The van der Waals surface area contributed by atoms with Gasteiger partial charge in [-0.2, -0.15) is 0 Å². The Balaban J connectivity index is 2.47. The lowest BCUT2D eigenvalue weighted by Crippen LogP contribution is -2.12. The van der Waals surface area contributed by atoms with Gasteiger partial charge in [0.1, 0.15) is 0 Å². The molecule has 0 fully saturated rings. The average molecular weight is 307 g/mol. The minimum absolute atomic E-state index is 0.301. The smallest absolute Gasteiger partial charge is 0.0995 e. The minimum Gasteiger partial charge on any atom is -0.320 e. The molecule has 2 aromatic rings. The summed E-state index contributed by atoms with van der Waals surface area (Å²) in [5.74, 6) is 0. The summed E-state index contributed by atoms with van der Waals surface area (Å²) in [6.45, 7) is 1.94. The van der Waals surface area contributed by atoms with Crippen LogP contribution in [0.1, 0.15) is 22.7 Å². The summed E-state index contributed by atoms with van der Waals surface area (Å²) in [4.78, 5) is 0. The van der Waals surface area contributed by atoms with Crippen LogP contribution in [0.3, 0.4) is 0 Å². The first-order valence-corrected chi connectivity index (χ1v) is 6.91. The van der Waals surface area contributed by atoms with E-state index < -0.39 is 0 Å². The third-order valence-corrected chi connectivity index (χ3v) is 4.59. The lowest BCUT2D eigenvalue weighted by Gasteiger charge is -2.15. The van der Waals surface area contributed by atoms with E-state index in [0.717, 1.165) is 16.7 Å². The van der Waals surface area contributed by atoms with Gasteiger partial charge in [0.15, 0.2) is 0 Å². The van der Waals surface area contributed by atoms with Crippen molar-refractivity contribution in [2.45, 2.75) is 13.0 Å². The predicted molar refractivity (Wildman–Crippen MR) is 76.6 cm³/mol. The maximum absolute atomic E-state index is 6.21. The number of benzene rings is 1. The highest BCUT2D eigenvalue weighted by Gasteiger charge is 2.18. The van der Waals surface area contributed by atoms with Crippen LogP contribution in [0.15, 0.2) is 24.3 Å². The first-order valence-electron chi connectivity index (χ1n) is 4.96. The molecule has 1 heterocycles. The van der Waals surface area contributed by atoms with E-state index in [2.05, 4.69) is 0 Å². The van der Waals surface area contributed by atoms with Gasteiger partial charge in [-0.15, -0.1) is 11.3 Å². The van der Waals surface area contributed by atoms with E-state index >= 15 is 0 Å². The molecule has 0 saturated heterocycles.